The number of carbonyl (C=O) groups excluding carboxylic acids is 3. The van der Waals surface area contributed by atoms with Crippen LogP contribution in [-0.2, 0) is 14.3 Å². The fourth-order valence-electron chi connectivity index (χ4n) is 1.69. The van der Waals surface area contributed by atoms with Crippen LogP contribution in [0.25, 0.3) is 0 Å². The van der Waals surface area contributed by atoms with E-state index < -0.39 is 29.7 Å². The molecule has 0 saturated heterocycles. The van der Waals surface area contributed by atoms with Crippen LogP contribution < -0.4 is 16.0 Å². The van der Waals surface area contributed by atoms with Gasteiger partial charge in [0.2, 0.25) is 5.91 Å². The minimum atomic E-state index is -5.01. The summed E-state index contributed by atoms with van der Waals surface area (Å²) in [5, 5.41) is 6.55. The molecule has 1 aromatic rings. The Kier molecular flexibility index (Phi) is 6.99. The summed E-state index contributed by atoms with van der Waals surface area (Å²) in [6.07, 6.45) is -5.74. The Labute approximate surface area is 148 Å². The number of rotatable bonds is 5. The summed E-state index contributed by atoms with van der Waals surface area (Å²) in [5.74, 6) is -2.58. The van der Waals surface area contributed by atoms with Crippen LogP contribution in [-0.4, -0.2) is 36.2 Å². The second-order valence-electron chi connectivity index (χ2n) is 6.26. The lowest BCUT2D eigenvalue weighted by Gasteiger charge is -2.19. The molecular formula is C16H20F3N3O4. The fourth-order valence-corrected chi connectivity index (χ4v) is 1.69. The van der Waals surface area contributed by atoms with Gasteiger partial charge in [-0.2, -0.15) is 13.2 Å². The monoisotopic (exact) mass is 375 g/mol. The lowest BCUT2D eigenvalue weighted by atomic mass is 10.2. The summed E-state index contributed by atoms with van der Waals surface area (Å²) in [7, 11) is 0. The molecule has 0 fully saturated rings. The van der Waals surface area contributed by atoms with E-state index in [2.05, 4.69) is 10.6 Å². The van der Waals surface area contributed by atoms with Crippen molar-refractivity contribution >= 4 is 29.3 Å². The number of anilines is 2. The quantitative estimate of drug-likeness (QED) is 0.737. The third kappa shape index (κ3) is 8.36. The first-order valence-electron chi connectivity index (χ1n) is 7.62. The number of alkyl carbamates (subject to hydrolysis) is 1. The zero-order valence-electron chi connectivity index (χ0n) is 14.5. The molecule has 0 aliphatic rings. The molecule has 0 heterocycles. The van der Waals surface area contributed by atoms with Crippen molar-refractivity contribution in [2.24, 2.45) is 0 Å². The molecule has 0 bridgehead atoms. The van der Waals surface area contributed by atoms with E-state index in [0.29, 0.717) is 0 Å². The summed E-state index contributed by atoms with van der Waals surface area (Å²) in [6, 6.07) is 5.26. The van der Waals surface area contributed by atoms with Crippen LogP contribution in [0.3, 0.4) is 0 Å². The fraction of sp³-hybridized carbons (Fsp3) is 0.438. The summed E-state index contributed by atoms with van der Waals surface area (Å²) in [6.45, 7) is 5.11. The summed E-state index contributed by atoms with van der Waals surface area (Å²) < 4.78 is 41.7. The minimum absolute atomic E-state index is 0.0191. The molecule has 0 radical (unpaired) electrons. The molecule has 144 valence electrons. The SMILES string of the molecule is CC(C)(C)OC(=O)NCCC(=O)Nc1cccc(NC(=O)C(F)(F)F)c1. The highest BCUT2D eigenvalue weighted by Crippen LogP contribution is 2.20. The van der Waals surface area contributed by atoms with Gasteiger partial charge in [-0.3, -0.25) is 9.59 Å². The lowest BCUT2D eigenvalue weighted by Crippen LogP contribution is -2.34. The van der Waals surface area contributed by atoms with E-state index in [1.807, 2.05) is 0 Å². The van der Waals surface area contributed by atoms with E-state index >= 15 is 0 Å². The molecule has 0 saturated carbocycles. The maximum atomic E-state index is 12.2. The summed E-state index contributed by atoms with van der Waals surface area (Å²) in [5.41, 5.74) is -0.572. The Hall–Kier alpha value is -2.78. The summed E-state index contributed by atoms with van der Waals surface area (Å²) >= 11 is 0. The van der Waals surface area contributed by atoms with Gasteiger partial charge in [0.05, 0.1) is 0 Å². The highest BCUT2D eigenvalue weighted by atomic mass is 19.4. The molecule has 26 heavy (non-hydrogen) atoms. The van der Waals surface area contributed by atoms with Crippen LogP contribution in [0.4, 0.5) is 29.3 Å². The molecule has 1 aromatic carbocycles. The number of amides is 3. The number of halogens is 3. The first-order valence-corrected chi connectivity index (χ1v) is 7.62. The van der Waals surface area contributed by atoms with Crippen LogP contribution in [0.2, 0.25) is 0 Å². The molecule has 0 unspecified atom stereocenters. The molecule has 3 amide bonds. The first kappa shape index (κ1) is 21.3. The van der Waals surface area contributed by atoms with Crippen molar-refractivity contribution in [3.8, 4) is 0 Å². The van der Waals surface area contributed by atoms with Crippen molar-refractivity contribution in [1.29, 1.82) is 0 Å². The van der Waals surface area contributed by atoms with Gasteiger partial charge in [0.1, 0.15) is 5.60 Å². The molecule has 0 aliphatic heterocycles. The van der Waals surface area contributed by atoms with Crippen molar-refractivity contribution < 1.29 is 32.3 Å². The van der Waals surface area contributed by atoms with Crippen molar-refractivity contribution in [3.05, 3.63) is 24.3 Å². The molecule has 10 heteroatoms. The molecule has 0 aromatic heterocycles. The van der Waals surface area contributed by atoms with Crippen molar-refractivity contribution in [1.82, 2.24) is 5.32 Å². The Balaban J connectivity index is 2.49. The number of hydrogen-bond acceptors (Lipinski definition) is 4. The van der Waals surface area contributed by atoms with Gasteiger partial charge in [0.15, 0.2) is 0 Å². The number of nitrogens with one attached hydrogen (secondary N) is 3. The van der Waals surface area contributed by atoms with Gasteiger partial charge in [-0.15, -0.1) is 0 Å². The summed E-state index contributed by atoms with van der Waals surface area (Å²) in [4.78, 5) is 34.1. The molecule has 7 nitrogen and oxygen atoms in total. The second kappa shape index (κ2) is 8.54. The normalized spacial score (nSPS) is 11.5. The molecule has 3 N–H and O–H groups in total. The van der Waals surface area contributed by atoms with E-state index in [1.165, 1.54) is 24.3 Å². The number of hydrogen-bond donors (Lipinski definition) is 3. The Morgan fingerprint density at radius 1 is 1.04 bits per heavy atom. The standard InChI is InChI=1S/C16H20F3N3O4/c1-15(2,3)26-14(25)20-8-7-12(23)21-10-5-4-6-11(9-10)22-13(24)16(17,18)19/h4-6,9H,7-8H2,1-3H3,(H,20,25)(H,21,23)(H,22,24). The highest BCUT2D eigenvalue weighted by Gasteiger charge is 2.38. The predicted octanol–water partition coefficient (Wildman–Crippen LogP) is 3.04. The van der Waals surface area contributed by atoms with Gasteiger partial charge in [-0.05, 0) is 39.0 Å². The van der Waals surface area contributed by atoms with Gasteiger partial charge in [0.25, 0.3) is 0 Å². The Morgan fingerprint density at radius 2 is 1.62 bits per heavy atom. The van der Waals surface area contributed by atoms with Crippen molar-refractivity contribution in [2.75, 3.05) is 17.2 Å². The van der Waals surface area contributed by atoms with Crippen LogP contribution in [0.15, 0.2) is 24.3 Å². The van der Waals surface area contributed by atoms with E-state index in [1.54, 1.807) is 26.1 Å². The van der Waals surface area contributed by atoms with Gasteiger partial charge < -0.3 is 20.7 Å². The second-order valence-corrected chi connectivity index (χ2v) is 6.26. The number of carbonyl (C=O) groups is 3. The number of benzene rings is 1. The largest absolute Gasteiger partial charge is 0.471 e. The van der Waals surface area contributed by atoms with E-state index in [0.717, 1.165) is 0 Å². The third-order valence-corrected chi connectivity index (χ3v) is 2.68. The average Bonchev–Trinajstić information content (AvgIpc) is 2.44. The zero-order valence-corrected chi connectivity index (χ0v) is 14.5. The first-order chi connectivity index (χ1) is 11.9. The van der Waals surface area contributed by atoms with E-state index in [4.69, 9.17) is 4.74 Å². The Bertz CT molecular complexity index is 669. The molecule has 0 aliphatic carbocycles. The van der Waals surface area contributed by atoms with E-state index in [-0.39, 0.29) is 24.3 Å². The van der Waals surface area contributed by atoms with Crippen LogP contribution in [0, 0.1) is 0 Å². The predicted molar refractivity (Wildman–Crippen MR) is 88.6 cm³/mol. The average molecular weight is 375 g/mol. The van der Waals surface area contributed by atoms with Crippen LogP contribution >= 0.6 is 0 Å². The number of ether oxygens (including phenoxy) is 1. The topological polar surface area (TPSA) is 96.5 Å². The highest BCUT2D eigenvalue weighted by molar-refractivity contribution is 5.96. The molecular weight excluding hydrogens is 355 g/mol. The minimum Gasteiger partial charge on any atom is -0.444 e. The maximum absolute atomic E-state index is 12.2. The van der Waals surface area contributed by atoms with Gasteiger partial charge in [0, 0.05) is 24.3 Å². The van der Waals surface area contributed by atoms with Crippen molar-refractivity contribution in [2.45, 2.75) is 39.0 Å². The zero-order chi connectivity index (χ0) is 20.0. The third-order valence-electron chi connectivity index (χ3n) is 2.68. The molecule has 0 spiro atoms. The molecule has 1 rings (SSSR count). The Morgan fingerprint density at radius 3 is 2.15 bits per heavy atom. The van der Waals surface area contributed by atoms with Crippen LogP contribution in [0.1, 0.15) is 27.2 Å². The van der Waals surface area contributed by atoms with E-state index in [9.17, 15) is 27.6 Å². The van der Waals surface area contributed by atoms with Crippen molar-refractivity contribution in [3.63, 3.8) is 0 Å². The van der Waals surface area contributed by atoms with Crippen LogP contribution in [0.5, 0.6) is 0 Å². The van der Waals surface area contributed by atoms with Gasteiger partial charge in [-0.25, -0.2) is 4.79 Å². The van der Waals surface area contributed by atoms with Gasteiger partial charge in [-0.1, -0.05) is 6.07 Å². The van der Waals surface area contributed by atoms with Gasteiger partial charge >= 0.3 is 18.2 Å². The smallest absolute Gasteiger partial charge is 0.444 e. The number of alkyl halides is 3. The maximum Gasteiger partial charge on any atom is 0.471 e. The molecule has 0 atom stereocenters. The lowest BCUT2D eigenvalue weighted by molar-refractivity contribution is -0.167.